The number of amides is 1. The zero-order valence-corrected chi connectivity index (χ0v) is 11.2. The van der Waals surface area contributed by atoms with E-state index in [1.54, 1.807) is 6.20 Å². The predicted octanol–water partition coefficient (Wildman–Crippen LogP) is 2.18. The summed E-state index contributed by atoms with van der Waals surface area (Å²) in [5.41, 5.74) is 1.64. The standard InChI is InChI=1S/C13H21N3O/c1-10-11(9-14-16(10)13(2,3)4)12(17)15-7-5-6-8-15/h9H,5-8H2,1-4H3. The largest absolute Gasteiger partial charge is 0.339 e. The van der Waals surface area contributed by atoms with Crippen LogP contribution in [0.1, 0.15) is 49.7 Å². The Labute approximate surface area is 103 Å². The Bertz CT molecular complexity index is 422. The number of likely N-dealkylation sites (tertiary alicyclic amines) is 1. The summed E-state index contributed by atoms with van der Waals surface area (Å²) in [7, 11) is 0. The van der Waals surface area contributed by atoms with Gasteiger partial charge in [-0.1, -0.05) is 0 Å². The fraction of sp³-hybridized carbons (Fsp3) is 0.692. The predicted molar refractivity (Wildman–Crippen MR) is 67.1 cm³/mol. The van der Waals surface area contributed by atoms with Crippen LogP contribution in [0.4, 0.5) is 0 Å². The SMILES string of the molecule is Cc1c(C(=O)N2CCCC2)cnn1C(C)(C)C. The number of nitrogens with zero attached hydrogens (tertiary/aromatic N) is 3. The van der Waals surface area contributed by atoms with Crippen molar-refractivity contribution < 1.29 is 4.79 Å². The van der Waals surface area contributed by atoms with Crippen molar-refractivity contribution in [3.63, 3.8) is 0 Å². The fourth-order valence-corrected chi connectivity index (χ4v) is 2.39. The maximum Gasteiger partial charge on any atom is 0.257 e. The molecule has 4 heteroatoms. The number of aromatic nitrogens is 2. The first-order valence-corrected chi connectivity index (χ1v) is 6.25. The molecule has 0 bridgehead atoms. The van der Waals surface area contributed by atoms with Crippen LogP contribution in [0.2, 0.25) is 0 Å². The van der Waals surface area contributed by atoms with Crippen molar-refractivity contribution in [1.82, 2.24) is 14.7 Å². The van der Waals surface area contributed by atoms with Crippen molar-refractivity contribution in [3.8, 4) is 0 Å². The van der Waals surface area contributed by atoms with Gasteiger partial charge in [-0.25, -0.2) is 0 Å². The monoisotopic (exact) mass is 235 g/mol. The molecular weight excluding hydrogens is 214 g/mol. The molecule has 1 aliphatic rings. The molecular formula is C13H21N3O. The summed E-state index contributed by atoms with van der Waals surface area (Å²) in [4.78, 5) is 14.2. The first kappa shape index (κ1) is 12.1. The zero-order chi connectivity index (χ0) is 12.6. The third kappa shape index (κ3) is 2.21. The van der Waals surface area contributed by atoms with Gasteiger partial charge in [-0.3, -0.25) is 9.48 Å². The molecule has 0 spiro atoms. The second kappa shape index (κ2) is 4.17. The van der Waals surface area contributed by atoms with Crippen LogP contribution in [-0.4, -0.2) is 33.7 Å². The fourth-order valence-electron chi connectivity index (χ4n) is 2.39. The van der Waals surface area contributed by atoms with Gasteiger partial charge in [0.05, 0.1) is 17.3 Å². The molecule has 1 aromatic heterocycles. The molecule has 1 aliphatic heterocycles. The zero-order valence-electron chi connectivity index (χ0n) is 11.2. The lowest BCUT2D eigenvalue weighted by molar-refractivity contribution is 0.0792. The van der Waals surface area contributed by atoms with Gasteiger partial charge in [0.1, 0.15) is 0 Å². The topological polar surface area (TPSA) is 38.1 Å². The Morgan fingerprint density at radius 1 is 1.29 bits per heavy atom. The maximum absolute atomic E-state index is 12.3. The Hall–Kier alpha value is -1.32. The molecule has 0 aromatic carbocycles. The third-order valence-electron chi connectivity index (χ3n) is 3.27. The van der Waals surface area contributed by atoms with Crippen LogP contribution in [0.3, 0.4) is 0 Å². The highest BCUT2D eigenvalue weighted by molar-refractivity contribution is 5.95. The number of hydrogen-bond acceptors (Lipinski definition) is 2. The van der Waals surface area contributed by atoms with Crippen LogP contribution in [0.15, 0.2) is 6.20 Å². The normalized spacial score (nSPS) is 16.6. The Morgan fingerprint density at radius 3 is 2.35 bits per heavy atom. The third-order valence-corrected chi connectivity index (χ3v) is 3.27. The highest BCUT2D eigenvalue weighted by atomic mass is 16.2. The van der Waals surface area contributed by atoms with E-state index in [1.807, 2.05) is 16.5 Å². The van der Waals surface area contributed by atoms with Gasteiger partial charge in [0.25, 0.3) is 5.91 Å². The quantitative estimate of drug-likeness (QED) is 0.748. The molecule has 0 unspecified atom stereocenters. The van der Waals surface area contributed by atoms with Crippen molar-refractivity contribution in [3.05, 3.63) is 17.5 Å². The van der Waals surface area contributed by atoms with Crippen molar-refractivity contribution in [2.24, 2.45) is 0 Å². The van der Waals surface area contributed by atoms with E-state index in [-0.39, 0.29) is 11.4 Å². The van der Waals surface area contributed by atoms with Crippen LogP contribution in [-0.2, 0) is 5.54 Å². The molecule has 0 atom stereocenters. The molecule has 4 nitrogen and oxygen atoms in total. The van der Waals surface area contributed by atoms with Gasteiger partial charge in [0, 0.05) is 18.8 Å². The minimum absolute atomic E-state index is 0.0758. The summed E-state index contributed by atoms with van der Waals surface area (Å²) in [6.45, 7) is 10.0. The highest BCUT2D eigenvalue weighted by Crippen LogP contribution is 2.20. The Kier molecular flexibility index (Phi) is 2.98. The smallest absolute Gasteiger partial charge is 0.257 e. The van der Waals surface area contributed by atoms with Crippen LogP contribution in [0.5, 0.6) is 0 Å². The van der Waals surface area contributed by atoms with E-state index in [4.69, 9.17) is 0 Å². The number of hydrogen-bond donors (Lipinski definition) is 0. The lowest BCUT2D eigenvalue weighted by Crippen LogP contribution is -2.29. The molecule has 1 aromatic rings. The average Bonchev–Trinajstić information content (AvgIpc) is 2.83. The maximum atomic E-state index is 12.3. The van der Waals surface area contributed by atoms with E-state index in [0.717, 1.165) is 37.2 Å². The van der Waals surface area contributed by atoms with Crippen LogP contribution >= 0.6 is 0 Å². The average molecular weight is 235 g/mol. The molecule has 0 aliphatic carbocycles. The summed E-state index contributed by atoms with van der Waals surface area (Å²) in [6, 6.07) is 0. The summed E-state index contributed by atoms with van der Waals surface area (Å²) < 4.78 is 1.93. The molecule has 1 saturated heterocycles. The van der Waals surface area contributed by atoms with E-state index in [9.17, 15) is 4.79 Å². The number of rotatable bonds is 1. The number of carbonyl (C=O) groups is 1. The molecule has 1 amide bonds. The number of carbonyl (C=O) groups excluding carboxylic acids is 1. The Morgan fingerprint density at radius 2 is 1.88 bits per heavy atom. The molecule has 0 saturated carbocycles. The highest BCUT2D eigenvalue weighted by Gasteiger charge is 2.25. The van der Waals surface area contributed by atoms with Crippen molar-refractivity contribution in [1.29, 1.82) is 0 Å². The van der Waals surface area contributed by atoms with E-state index < -0.39 is 0 Å². The Balaban J connectivity index is 2.28. The first-order chi connectivity index (χ1) is 7.91. The van der Waals surface area contributed by atoms with Gasteiger partial charge < -0.3 is 4.90 Å². The molecule has 17 heavy (non-hydrogen) atoms. The van der Waals surface area contributed by atoms with E-state index in [2.05, 4.69) is 25.9 Å². The molecule has 1 fully saturated rings. The van der Waals surface area contributed by atoms with Crippen molar-refractivity contribution in [2.75, 3.05) is 13.1 Å². The second-order valence-electron chi connectivity index (χ2n) is 5.73. The molecule has 2 heterocycles. The second-order valence-corrected chi connectivity index (χ2v) is 5.73. The van der Waals surface area contributed by atoms with Gasteiger partial charge >= 0.3 is 0 Å². The minimum atomic E-state index is -0.0758. The summed E-state index contributed by atoms with van der Waals surface area (Å²) in [6.07, 6.45) is 3.96. The van der Waals surface area contributed by atoms with Crippen molar-refractivity contribution >= 4 is 5.91 Å². The van der Waals surface area contributed by atoms with Gasteiger partial charge in [0.15, 0.2) is 0 Å². The van der Waals surface area contributed by atoms with E-state index in [1.165, 1.54) is 0 Å². The summed E-state index contributed by atoms with van der Waals surface area (Å²) in [5.74, 6) is 0.135. The molecule has 0 N–H and O–H groups in total. The van der Waals surface area contributed by atoms with Crippen LogP contribution < -0.4 is 0 Å². The van der Waals surface area contributed by atoms with E-state index in [0.29, 0.717) is 0 Å². The lowest BCUT2D eigenvalue weighted by Gasteiger charge is -2.22. The first-order valence-electron chi connectivity index (χ1n) is 6.25. The molecule has 2 rings (SSSR count). The minimum Gasteiger partial charge on any atom is -0.339 e. The van der Waals surface area contributed by atoms with Gasteiger partial charge in [-0.15, -0.1) is 0 Å². The van der Waals surface area contributed by atoms with E-state index >= 15 is 0 Å². The van der Waals surface area contributed by atoms with Gasteiger partial charge in [0.2, 0.25) is 0 Å². The van der Waals surface area contributed by atoms with Crippen LogP contribution in [0.25, 0.3) is 0 Å². The molecule has 0 radical (unpaired) electrons. The van der Waals surface area contributed by atoms with Gasteiger partial charge in [-0.2, -0.15) is 5.10 Å². The van der Waals surface area contributed by atoms with Crippen LogP contribution in [0, 0.1) is 6.92 Å². The van der Waals surface area contributed by atoms with Crippen molar-refractivity contribution in [2.45, 2.75) is 46.1 Å². The van der Waals surface area contributed by atoms with Gasteiger partial charge in [-0.05, 0) is 40.5 Å². The molecule has 94 valence electrons. The summed E-state index contributed by atoms with van der Waals surface area (Å²) in [5, 5.41) is 4.35. The lowest BCUT2D eigenvalue weighted by atomic mass is 10.1. The summed E-state index contributed by atoms with van der Waals surface area (Å²) >= 11 is 0.